The normalized spacial score (nSPS) is 12.3. The van der Waals surface area contributed by atoms with E-state index in [0.717, 1.165) is 36.2 Å². The summed E-state index contributed by atoms with van der Waals surface area (Å²) in [5.41, 5.74) is 3.55. The van der Waals surface area contributed by atoms with Crippen molar-refractivity contribution < 1.29 is 13.2 Å². The molecule has 1 N–H and O–H groups in total. The minimum atomic E-state index is -3.63. The molecule has 0 aliphatic rings. The number of aryl methyl sites for hydroxylation is 1. The number of benzene rings is 2. The highest BCUT2D eigenvalue weighted by atomic mass is 32.2. The van der Waals surface area contributed by atoms with Crippen molar-refractivity contribution in [1.29, 1.82) is 0 Å². The standard InChI is InChI=1S/C23H33N3O3S/c1-6-22(26(30(5,28)29)21-11-9-10-18(4)16-21)23(27)24-17-19-12-14-20(15-13-19)25(7-2)8-3/h9-16,22H,6-8,17H2,1-5H3,(H,24,27). The molecule has 6 nitrogen and oxygen atoms in total. The van der Waals surface area contributed by atoms with E-state index in [1.165, 1.54) is 4.31 Å². The summed E-state index contributed by atoms with van der Waals surface area (Å²) in [4.78, 5) is 15.2. The van der Waals surface area contributed by atoms with Crippen LogP contribution >= 0.6 is 0 Å². The Bertz CT molecular complexity index is 938. The first kappa shape index (κ1) is 23.7. The zero-order chi connectivity index (χ0) is 22.3. The predicted octanol–water partition coefficient (Wildman–Crippen LogP) is 3.70. The van der Waals surface area contributed by atoms with Crippen LogP contribution in [0.2, 0.25) is 0 Å². The van der Waals surface area contributed by atoms with Gasteiger partial charge in [-0.25, -0.2) is 8.42 Å². The Morgan fingerprint density at radius 3 is 2.13 bits per heavy atom. The van der Waals surface area contributed by atoms with E-state index in [1.807, 2.05) is 44.2 Å². The monoisotopic (exact) mass is 431 g/mol. The molecule has 0 radical (unpaired) electrons. The molecule has 0 bridgehead atoms. The fourth-order valence-corrected chi connectivity index (χ4v) is 4.75. The summed E-state index contributed by atoms with van der Waals surface area (Å²) >= 11 is 0. The molecule has 1 atom stereocenters. The van der Waals surface area contributed by atoms with Gasteiger partial charge in [-0.15, -0.1) is 0 Å². The molecule has 0 spiro atoms. The van der Waals surface area contributed by atoms with E-state index in [2.05, 4.69) is 24.1 Å². The highest BCUT2D eigenvalue weighted by Gasteiger charge is 2.31. The topological polar surface area (TPSA) is 69.7 Å². The molecule has 164 valence electrons. The number of anilines is 2. The Morgan fingerprint density at radius 1 is 1.00 bits per heavy atom. The van der Waals surface area contributed by atoms with Crippen molar-refractivity contribution in [3.63, 3.8) is 0 Å². The maximum Gasteiger partial charge on any atom is 0.244 e. The van der Waals surface area contributed by atoms with Crippen LogP contribution in [0.15, 0.2) is 48.5 Å². The Labute approximate surface area is 180 Å². The summed E-state index contributed by atoms with van der Waals surface area (Å²) in [5, 5.41) is 2.90. The molecule has 0 aromatic heterocycles. The molecule has 2 aromatic rings. The third-order valence-corrected chi connectivity index (χ3v) is 6.30. The molecule has 2 aromatic carbocycles. The Hall–Kier alpha value is -2.54. The van der Waals surface area contributed by atoms with Crippen LogP contribution in [0.3, 0.4) is 0 Å². The maximum atomic E-state index is 12.9. The summed E-state index contributed by atoms with van der Waals surface area (Å²) in [6.45, 7) is 10.2. The van der Waals surface area contributed by atoms with Gasteiger partial charge < -0.3 is 10.2 Å². The average molecular weight is 432 g/mol. The number of carbonyl (C=O) groups is 1. The predicted molar refractivity (Wildman–Crippen MR) is 124 cm³/mol. The van der Waals surface area contributed by atoms with E-state index in [-0.39, 0.29) is 5.91 Å². The lowest BCUT2D eigenvalue weighted by Gasteiger charge is -2.30. The van der Waals surface area contributed by atoms with E-state index in [0.29, 0.717) is 18.7 Å². The van der Waals surface area contributed by atoms with E-state index in [1.54, 1.807) is 18.2 Å². The van der Waals surface area contributed by atoms with Crippen molar-refractivity contribution in [2.45, 2.75) is 46.7 Å². The first-order valence-corrected chi connectivity index (χ1v) is 12.2. The zero-order valence-electron chi connectivity index (χ0n) is 18.6. The minimum absolute atomic E-state index is 0.308. The Morgan fingerprint density at radius 2 is 1.63 bits per heavy atom. The second kappa shape index (κ2) is 10.5. The summed E-state index contributed by atoms with van der Waals surface area (Å²) in [5.74, 6) is -0.308. The molecule has 0 heterocycles. The number of hydrogen-bond acceptors (Lipinski definition) is 4. The fourth-order valence-electron chi connectivity index (χ4n) is 3.55. The van der Waals surface area contributed by atoms with Crippen molar-refractivity contribution in [3.8, 4) is 0 Å². The van der Waals surface area contributed by atoms with Gasteiger partial charge in [0.05, 0.1) is 11.9 Å². The summed E-state index contributed by atoms with van der Waals surface area (Å²) in [6.07, 6.45) is 1.50. The molecule has 7 heteroatoms. The highest BCUT2D eigenvalue weighted by molar-refractivity contribution is 7.92. The second-order valence-corrected chi connectivity index (χ2v) is 9.24. The Kier molecular flexibility index (Phi) is 8.29. The van der Waals surface area contributed by atoms with Gasteiger partial charge in [0, 0.05) is 25.3 Å². The van der Waals surface area contributed by atoms with E-state index in [9.17, 15) is 13.2 Å². The van der Waals surface area contributed by atoms with Gasteiger partial charge in [0.2, 0.25) is 15.9 Å². The molecule has 0 aliphatic carbocycles. The van der Waals surface area contributed by atoms with E-state index in [4.69, 9.17) is 0 Å². The average Bonchev–Trinajstić information content (AvgIpc) is 2.71. The molecule has 2 rings (SSSR count). The summed E-state index contributed by atoms with van der Waals surface area (Å²) < 4.78 is 26.3. The van der Waals surface area contributed by atoms with Crippen LogP contribution in [0, 0.1) is 6.92 Å². The maximum absolute atomic E-state index is 12.9. The van der Waals surface area contributed by atoms with E-state index < -0.39 is 16.1 Å². The number of nitrogens with zero attached hydrogens (tertiary/aromatic N) is 2. The second-order valence-electron chi connectivity index (χ2n) is 7.38. The molecule has 1 amide bonds. The molecule has 0 saturated carbocycles. The van der Waals surface area contributed by atoms with Crippen molar-refractivity contribution >= 4 is 27.3 Å². The Balaban J connectivity index is 2.16. The number of carbonyl (C=O) groups excluding carboxylic acids is 1. The lowest BCUT2D eigenvalue weighted by molar-refractivity contribution is -0.122. The molecule has 30 heavy (non-hydrogen) atoms. The zero-order valence-corrected chi connectivity index (χ0v) is 19.4. The van der Waals surface area contributed by atoms with Crippen LogP contribution in [-0.4, -0.2) is 39.7 Å². The van der Waals surface area contributed by atoms with Crippen molar-refractivity contribution in [2.75, 3.05) is 28.6 Å². The molecule has 1 unspecified atom stereocenters. The van der Waals surface area contributed by atoms with Gasteiger partial charge in [-0.05, 0) is 62.6 Å². The molecule has 0 saturated heterocycles. The molecular weight excluding hydrogens is 398 g/mol. The number of sulfonamides is 1. The highest BCUT2D eigenvalue weighted by Crippen LogP contribution is 2.23. The van der Waals surface area contributed by atoms with E-state index >= 15 is 0 Å². The molecule has 0 fully saturated rings. The van der Waals surface area contributed by atoms with Crippen LogP contribution in [0.4, 0.5) is 11.4 Å². The number of nitrogens with one attached hydrogen (secondary N) is 1. The van der Waals surface area contributed by atoms with Gasteiger partial charge in [-0.2, -0.15) is 0 Å². The van der Waals surface area contributed by atoms with Crippen molar-refractivity contribution in [3.05, 3.63) is 59.7 Å². The van der Waals surface area contributed by atoms with Gasteiger partial charge in [0.25, 0.3) is 0 Å². The third-order valence-electron chi connectivity index (χ3n) is 5.12. The summed E-state index contributed by atoms with van der Waals surface area (Å²) in [7, 11) is -3.63. The molecule has 0 aliphatic heterocycles. The number of amides is 1. The van der Waals surface area contributed by atoms with Crippen LogP contribution in [0.25, 0.3) is 0 Å². The van der Waals surface area contributed by atoms with Crippen LogP contribution in [0.1, 0.15) is 38.3 Å². The smallest absolute Gasteiger partial charge is 0.244 e. The molecular formula is C23H33N3O3S. The van der Waals surface area contributed by atoms with Gasteiger partial charge in [0.1, 0.15) is 6.04 Å². The van der Waals surface area contributed by atoms with Gasteiger partial charge in [-0.1, -0.05) is 31.2 Å². The van der Waals surface area contributed by atoms with Crippen molar-refractivity contribution in [2.24, 2.45) is 0 Å². The van der Waals surface area contributed by atoms with Gasteiger partial charge >= 0.3 is 0 Å². The van der Waals surface area contributed by atoms with Crippen molar-refractivity contribution in [1.82, 2.24) is 5.32 Å². The first-order valence-electron chi connectivity index (χ1n) is 10.4. The number of hydrogen-bond donors (Lipinski definition) is 1. The quantitative estimate of drug-likeness (QED) is 0.623. The lowest BCUT2D eigenvalue weighted by atomic mass is 10.1. The van der Waals surface area contributed by atoms with Gasteiger partial charge in [-0.3, -0.25) is 9.10 Å². The third kappa shape index (κ3) is 5.98. The minimum Gasteiger partial charge on any atom is -0.372 e. The lowest BCUT2D eigenvalue weighted by Crippen LogP contribution is -2.49. The largest absolute Gasteiger partial charge is 0.372 e. The summed E-state index contributed by atoms with van der Waals surface area (Å²) in [6, 6.07) is 14.4. The SMILES string of the molecule is CCC(C(=O)NCc1ccc(N(CC)CC)cc1)N(c1cccc(C)c1)S(C)(=O)=O. The van der Waals surface area contributed by atoms with Crippen LogP contribution < -0.4 is 14.5 Å². The first-order chi connectivity index (χ1) is 14.2. The van der Waals surface area contributed by atoms with Crippen LogP contribution in [-0.2, 0) is 21.4 Å². The van der Waals surface area contributed by atoms with Gasteiger partial charge in [0.15, 0.2) is 0 Å². The fraction of sp³-hybridized carbons (Fsp3) is 0.435. The van der Waals surface area contributed by atoms with Crippen LogP contribution in [0.5, 0.6) is 0 Å². The number of rotatable bonds is 10.